The van der Waals surface area contributed by atoms with Crippen molar-refractivity contribution in [1.82, 2.24) is 10.1 Å². The van der Waals surface area contributed by atoms with Gasteiger partial charge in [-0.2, -0.15) is 0 Å². The van der Waals surface area contributed by atoms with Crippen LogP contribution < -0.4 is 9.47 Å². The van der Waals surface area contributed by atoms with Gasteiger partial charge < -0.3 is 24.0 Å². The lowest BCUT2D eigenvalue weighted by molar-refractivity contribution is 0.110. The van der Waals surface area contributed by atoms with Gasteiger partial charge in [0.25, 0.3) is 5.88 Å². The number of hydrogen-bond donors (Lipinski definition) is 1. The Kier molecular flexibility index (Phi) is 5.31. The predicted molar refractivity (Wildman–Crippen MR) is 92.2 cm³/mol. The molecule has 0 aliphatic carbocycles. The van der Waals surface area contributed by atoms with Gasteiger partial charge in [0, 0.05) is 13.1 Å². The lowest BCUT2D eigenvalue weighted by Crippen LogP contribution is -2.38. The maximum Gasteiger partial charge on any atom is 0.407 e. The zero-order valence-corrected chi connectivity index (χ0v) is 14.6. The van der Waals surface area contributed by atoms with Gasteiger partial charge in [-0.15, -0.1) is 0 Å². The van der Waals surface area contributed by atoms with Crippen LogP contribution in [0.2, 0.25) is 0 Å². The first-order valence-corrected chi connectivity index (χ1v) is 8.66. The topological polar surface area (TPSA) is 85.0 Å². The first-order valence-electron chi connectivity index (χ1n) is 8.66. The summed E-state index contributed by atoms with van der Waals surface area (Å²) in [5.74, 6) is 1.88. The van der Waals surface area contributed by atoms with Crippen molar-refractivity contribution in [3.05, 3.63) is 18.2 Å². The summed E-state index contributed by atoms with van der Waals surface area (Å²) in [7, 11) is 0. The number of benzene rings is 1. The molecule has 2 heterocycles. The Hall–Kier alpha value is -2.44. The highest BCUT2D eigenvalue weighted by molar-refractivity contribution is 5.88. The Balaban J connectivity index is 1.65. The van der Waals surface area contributed by atoms with E-state index in [2.05, 4.69) is 19.0 Å². The second kappa shape index (κ2) is 7.63. The van der Waals surface area contributed by atoms with Crippen molar-refractivity contribution in [1.29, 1.82) is 0 Å². The highest BCUT2D eigenvalue weighted by Gasteiger charge is 2.24. The molecule has 25 heavy (non-hydrogen) atoms. The number of carbonyl (C=O) groups is 1. The average Bonchev–Trinajstić information content (AvgIpc) is 3.02. The number of ether oxygens (including phenoxy) is 2. The average molecular weight is 348 g/mol. The Morgan fingerprint density at radius 2 is 2.12 bits per heavy atom. The SMILES string of the molecule is CC(C)COc1cccc2onc(OCC3CCN(C(=O)O)CC3)c12. The minimum absolute atomic E-state index is 0.311. The molecule has 3 rings (SSSR count). The van der Waals surface area contributed by atoms with E-state index in [9.17, 15) is 4.79 Å². The fraction of sp³-hybridized carbons (Fsp3) is 0.556. The van der Waals surface area contributed by atoms with Crippen molar-refractivity contribution in [3.8, 4) is 11.6 Å². The maximum atomic E-state index is 11.0. The Labute approximate surface area is 146 Å². The molecule has 0 unspecified atom stereocenters. The fourth-order valence-electron chi connectivity index (χ4n) is 2.90. The van der Waals surface area contributed by atoms with E-state index < -0.39 is 6.09 Å². The molecule has 0 bridgehead atoms. The molecule has 136 valence electrons. The summed E-state index contributed by atoms with van der Waals surface area (Å²) in [5, 5.41) is 13.8. The van der Waals surface area contributed by atoms with Crippen LogP contribution in [0, 0.1) is 11.8 Å². The summed E-state index contributed by atoms with van der Waals surface area (Å²) in [4.78, 5) is 12.4. The molecule has 1 aromatic heterocycles. The molecule has 1 amide bonds. The van der Waals surface area contributed by atoms with Crippen molar-refractivity contribution in [3.63, 3.8) is 0 Å². The molecule has 2 aromatic rings. The number of hydrogen-bond acceptors (Lipinski definition) is 5. The third-order valence-corrected chi connectivity index (χ3v) is 4.34. The molecule has 0 saturated carbocycles. The first kappa shape index (κ1) is 17.4. The quantitative estimate of drug-likeness (QED) is 0.858. The third kappa shape index (κ3) is 4.15. The molecular weight excluding hydrogens is 324 g/mol. The van der Waals surface area contributed by atoms with Crippen molar-refractivity contribution >= 4 is 17.1 Å². The number of fused-ring (bicyclic) bond motifs is 1. The minimum Gasteiger partial charge on any atom is -0.492 e. The minimum atomic E-state index is -0.853. The Morgan fingerprint density at radius 1 is 1.36 bits per heavy atom. The van der Waals surface area contributed by atoms with Crippen LogP contribution in [0.1, 0.15) is 26.7 Å². The van der Waals surface area contributed by atoms with Gasteiger partial charge in [-0.25, -0.2) is 4.79 Å². The van der Waals surface area contributed by atoms with Crippen LogP contribution in [-0.4, -0.2) is 47.6 Å². The number of aromatic nitrogens is 1. The van der Waals surface area contributed by atoms with E-state index in [1.807, 2.05) is 18.2 Å². The number of piperidine rings is 1. The smallest absolute Gasteiger partial charge is 0.407 e. The molecule has 0 radical (unpaired) electrons. The second-order valence-electron chi connectivity index (χ2n) is 6.85. The number of likely N-dealkylation sites (tertiary alicyclic amines) is 1. The van der Waals surface area contributed by atoms with Crippen LogP contribution in [0.15, 0.2) is 22.7 Å². The van der Waals surface area contributed by atoms with E-state index >= 15 is 0 Å². The summed E-state index contributed by atoms with van der Waals surface area (Å²) in [6.07, 6.45) is 0.728. The van der Waals surface area contributed by atoms with E-state index in [4.69, 9.17) is 19.1 Å². The third-order valence-electron chi connectivity index (χ3n) is 4.34. The van der Waals surface area contributed by atoms with Gasteiger partial charge in [0.2, 0.25) is 0 Å². The van der Waals surface area contributed by atoms with E-state index in [1.165, 1.54) is 4.90 Å². The number of nitrogens with zero attached hydrogens (tertiary/aromatic N) is 2. The lowest BCUT2D eigenvalue weighted by atomic mass is 9.98. The van der Waals surface area contributed by atoms with Gasteiger partial charge in [0.15, 0.2) is 5.58 Å². The number of carboxylic acid groups (broad SMARTS) is 1. The van der Waals surface area contributed by atoms with Crippen molar-refractivity contribution in [2.45, 2.75) is 26.7 Å². The van der Waals surface area contributed by atoms with E-state index in [-0.39, 0.29) is 0 Å². The maximum absolute atomic E-state index is 11.0. The molecule has 7 heteroatoms. The zero-order chi connectivity index (χ0) is 17.8. The molecule has 1 aromatic carbocycles. The van der Waals surface area contributed by atoms with Gasteiger partial charge in [-0.1, -0.05) is 19.9 Å². The summed E-state index contributed by atoms with van der Waals surface area (Å²) >= 11 is 0. The Morgan fingerprint density at radius 3 is 2.80 bits per heavy atom. The van der Waals surface area contributed by atoms with Gasteiger partial charge in [0.1, 0.15) is 11.1 Å². The molecule has 1 N–H and O–H groups in total. The van der Waals surface area contributed by atoms with Gasteiger partial charge in [0.05, 0.1) is 13.2 Å². The summed E-state index contributed by atoms with van der Waals surface area (Å²) in [6.45, 7) is 6.38. The van der Waals surface area contributed by atoms with Crippen LogP contribution >= 0.6 is 0 Å². The highest BCUT2D eigenvalue weighted by Crippen LogP contribution is 2.34. The molecule has 1 aliphatic heterocycles. The van der Waals surface area contributed by atoms with Crippen molar-refractivity contribution in [2.24, 2.45) is 11.8 Å². The van der Waals surface area contributed by atoms with E-state index in [1.54, 1.807) is 0 Å². The van der Waals surface area contributed by atoms with Crippen LogP contribution in [0.25, 0.3) is 11.0 Å². The van der Waals surface area contributed by atoms with Crippen LogP contribution in [0.5, 0.6) is 11.6 Å². The highest BCUT2D eigenvalue weighted by atomic mass is 16.5. The standard InChI is InChI=1S/C18H24N2O5/c1-12(2)10-23-14-4-3-5-15-16(14)17(19-25-15)24-11-13-6-8-20(9-7-13)18(21)22/h3-5,12-13H,6-11H2,1-2H3,(H,21,22). The van der Waals surface area contributed by atoms with Crippen LogP contribution in [0.4, 0.5) is 4.79 Å². The fourth-order valence-corrected chi connectivity index (χ4v) is 2.90. The van der Waals surface area contributed by atoms with Crippen LogP contribution in [-0.2, 0) is 0 Å². The predicted octanol–water partition coefficient (Wildman–Crippen LogP) is 3.63. The summed E-state index contributed by atoms with van der Waals surface area (Å²) < 4.78 is 17.1. The lowest BCUT2D eigenvalue weighted by Gasteiger charge is -2.29. The molecule has 1 aliphatic rings. The van der Waals surface area contributed by atoms with E-state index in [0.717, 1.165) is 18.2 Å². The Bertz CT molecular complexity index is 719. The number of amides is 1. The molecule has 0 atom stereocenters. The normalized spacial score (nSPS) is 15.7. The second-order valence-corrected chi connectivity index (χ2v) is 6.85. The van der Waals surface area contributed by atoms with Crippen molar-refractivity contribution < 1.29 is 23.9 Å². The van der Waals surface area contributed by atoms with Crippen molar-refractivity contribution in [2.75, 3.05) is 26.3 Å². The van der Waals surface area contributed by atoms with Gasteiger partial charge in [-0.05, 0) is 42.0 Å². The summed E-state index contributed by atoms with van der Waals surface area (Å²) in [6, 6.07) is 5.59. The molecule has 7 nitrogen and oxygen atoms in total. The molecule has 1 fully saturated rings. The van der Waals surface area contributed by atoms with E-state index in [0.29, 0.717) is 55.4 Å². The number of rotatable bonds is 6. The molecule has 1 saturated heterocycles. The molecule has 0 spiro atoms. The molecular formula is C18H24N2O5. The first-order chi connectivity index (χ1) is 12.0. The van der Waals surface area contributed by atoms with Gasteiger partial charge in [-0.3, -0.25) is 0 Å². The summed E-state index contributed by atoms with van der Waals surface area (Å²) in [5.41, 5.74) is 0.636. The monoisotopic (exact) mass is 348 g/mol. The largest absolute Gasteiger partial charge is 0.492 e. The zero-order valence-electron chi connectivity index (χ0n) is 14.6. The van der Waals surface area contributed by atoms with Gasteiger partial charge >= 0.3 is 6.09 Å². The van der Waals surface area contributed by atoms with Crippen LogP contribution in [0.3, 0.4) is 0 Å².